The summed E-state index contributed by atoms with van der Waals surface area (Å²) in [5.41, 5.74) is 0.602. The SMILES string of the molecule is C[C@H](N=C1NC(=O)C(C)(C2CCC(C(C)(C)C#N)CC2)S1)c1ccc(F)cc1. The van der Waals surface area contributed by atoms with Crippen LogP contribution in [0, 0.1) is 34.4 Å². The third-order valence-corrected chi connectivity index (χ3v) is 7.80. The molecular weight excluding hydrogens is 373 g/mol. The van der Waals surface area contributed by atoms with Crippen LogP contribution in [0.3, 0.4) is 0 Å². The first-order chi connectivity index (χ1) is 13.2. The number of amidine groups is 1. The van der Waals surface area contributed by atoms with Gasteiger partial charge in [-0.3, -0.25) is 9.79 Å². The quantitative estimate of drug-likeness (QED) is 0.752. The van der Waals surface area contributed by atoms with Crippen molar-refractivity contribution in [1.29, 1.82) is 5.26 Å². The van der Waals surface area contributed by atoms with Crippen LogP contribution in [0.5, 0.6) is 0 Å². The molecule has 0 bridgehead atoms. The molecule has 2 atom stereocenters. The Balaban J connectivity index is 1.68. The number of thioether (sulfide) groups is 1. The van der Waals surface area contributed by atoms with Crippen LogP contribution in [-0.2, 0) is 4.79 Å². The zero-order valence-corrected chi connectivity index (χ0v) is 17.8. The van der Waals surface area contributed by atoms with Crippen LogP contribution in [0.1, 0.15) is 65.0 Å². The molecule has 6 heteroatoms. The smallest absolute Gasteiger partial charge is 0.242 e. The molecular formula is C22H28FN3OS. The molecule has 2 aliphatic rings. The summed E-state index contributed by atoms with van der Waals surface area (Å²) in [5, 5.41) is 13.0. The second-order valence-corrected chi connectivity index (χ2v) is 10.1. The molecule has 1 heterocycles. The minimum Gasteiger partial charge on any atom is -0.304 e. The number of aliphatic imine (C=N–C) groups is 1. The number of halogens is 1. The Morgan fingerprint density at radius 2 is 1.89 bits per heavy atom. The fraction of sp³-hybridized carbons (Fsp3) is 0.591. The monoisotopic (exact) mass is 401 g/mol. The van der Waals surface area contributed by atoms with E-state index in [1.807, 2.05) is 27.7 Å². The van der Waals surface area contributed by atoms with E-state index in [0.29, 0.717) is 11.1 Å². The van der Waals surface area contributed by atoms with Gasteiger partial charge in [-0.2, -0.15) is 5.26 Å². The number of hydrogen-bond donors (Lipinski definition) is 1. The van der Waals surface area contributed by atoms with Crippen molar-refractivity contribution in [1.82, 2.24) is 5.32 Å². The molecule has 28 heavy (non-hydrogen) atoms. The maximum atomic E-state index is 13.1. The van der Waals surface area contributed by atoms with Gasteiger partial charge in [0, 0.05) is 0 Å². The molecule has 1 aliphatic heterocycles. The first-order valence-electron chi connectivity index (χ1n) is 9.90. The van der Waals surface area contributed by atoms with Crippen molar-refractivity contribution in [2.75, 3.05) is 0 Å². The first-order valence-corrected chi connectivity index (χ1v) is 10.7. The summed E-state index contributed by atoms with van der Waals surface area (Å²) in [7, 11) is 0. The van der Waals surface area contributed by atoms with Crippen LogP contribution < -0.4 is 5.32 Å². The van der Waals surface area contributed by atoms with E-state index in [0.717, 1.165) is 31.2 Å². The van der Waals surface area contributed by atoms with Gasteiger partial charge in [0.05, 0.1) is 17.5 Å². The Morgan fingerprint density at radius 3 is 2.46 bits per heavy atom. The number of rotatable bonds is 4. The van der Waals surface area contributed by atoms with Crippen LogP contribution in [0.25, 0.3) is 0 Å². The molecule has 0 aromatic heterocycles. The highest BCUT2D eigenvalue weighted by atomic mass is 32.2. The molecule has 1 saturated carbocycles. The Bertz CT molecular complexity index is 806. The first kappa shape index (κ1) is 20.9. The second kappa shape index (κ2) is 7.87. The standard InChI is InChI=1S/C22H28FN3OS/c1-14(15-5-11-18(23)12-6-15)25-20-26-19(27)22(4,28-20)17-9-7-16(8-10-17)21(2,3)13-24/h5-6,11-12,14,16-17H,7-10H2,1-4H3,(H,25,26,27)/t14-,16?,17?,22?/m0/s1. The Labute approximate surface area is 171 Å². The van der Waals surface area contributed by atoms with E-state index in [-0.39, 0.29) is 29.1 Å². The summed E-state index contributed by atoms with van der Waals surface area (Å²) in [6.07, 6.45) is 3.86. The summed E-state index contributed by atoms with van der Waals surface area (Å²) in [6.45, 7) is 7.98. The highest BCUT2D eigenvalue weighted by molar-refractivity contribution is 8.16. The Hall–Kier alpha value is -1.87. The molecule has 1 aliphatic carbocycles. The van der Waals surface area contributed by atoms with Crippen LogP contribution in [0.4, 0.5) is 4.39 Å². The number of benzene rings is 1. The van der Waals surface area contributed by atoms with Crippen molar-refractivity contribution in [3.63, 3.8) is 0 Å². The van der Waals surface area contributed by atoms with Gasteiger partial charge in [-0.1, -0.05) is 23.9 Å². The molecule has 1 unspecified atom stereocenters. The number of carbonyl (C=O) groups excluding carboxylic acids is 1. The molecule has 2 fully saturated rings. The number of nitrogens with one attached hydrogen (secondary N) is 1. The summed E-state index contributed by atoms with van der Waals surface area (Å²) >= 11 is 1.52. The molecule has 0 spiro atoms. The summed E-state index contributed by atoms with van der Waals surface area (Å²) in [4.78, 5) is 17.5. The highest BCUT2D eigenvalue weighted by Gasteiger charge is 2.50. The Kier molecular flexibility index (Phi) is 5.86. The lowest BCUT2D eigenvalue weighted by atomic mass is 9.67. The van der Waals surface area contributed by atoms with E-state index in [9.17, 15) is 14.4 Å². The van der Waals surface area contributed by atoms with Gasteiger partial charge in [-0.15, -0.1) is 0 Å². The number of nitrogens with zero attached hydrogens (tertiary/aromatic N) is 2. The van der Waals surface area contributed by atoms with E-state index in [4.69, 9.17) is 0 Å². The van der Waals surface area contributed by atoms with Gasteiger partial charge in [-0.25, -0.2) is 4.39 Å². The maximum absolute atomic E-state index is 13.1. The average molecular weight is 402 g/mol. The zero-order valence-electron chi connectivity index (χ0n) is 17.0. The molecule has 1 amide bonds. The van der Waals surface area contributed by atoms with Gasteiger partial charge in [0.15, 0.2) is 5.17 Å². The minimum atomic E-state index is -0.525. The highest BCUT2D eigenvalue weighted by Crippen LogP contribution is 2.49. The molecule has 1 aromatic rings. The fourth-order valence-electron chi connectivity index (χ4n) is 4.27. The normalized spacial score (nSPS) is 30.7. The van der Waals surface area contributed by atoms with Crippen molar-refractivity contribution in [3.8, 4) is 6.07 Å². The second-order valence-electron chi connectivity index (χ2n) is 8.71. The number of nitriles is 1. The van der Waals surface area contributed by atoms with Gasteiger partial charge in [0.2, 0.25) is 5.91 Å². The molecule has 4 nitrogen and oxygen atoms in total. The lowest BCUT2D eigenvalue weighted by molar-refractivity contribution is -0.122. The zero-order chi connectivity index (χ0) is 20.5. The summed E-state index contributed by atoms with van der Waals surface area (Å²) < 4.78 is 12.6. The van der Waals surface area contributed by atoms with Gasteiger partial charge < -0.3 is 5.32 Å². The third-order valence-electron chi connectivity index (χ3n) is 6.46. The predicted molar refractivity (Wildman–Crippen MR) is 111 cm³/mol. The van der Waals surface area contributed by atoms with Gasteiger partial charge in [-0.05, 0) is 82.9 Å². The van der Waals surface area contributed by atoms with E-state index < -0.39 is 4.75 Å². The van der Waals surface area contributed by atoms with Gasteiger partial charge in [0.25, 0.3) is 0 Å². The van der Waals surface area contributed by atoms with Crippen LogP contribution in [-0.4, -0.2) is 15.8 Å². The van der Waals surface area contributed by atoms with Crippen molar-refractivity contribution >= 4 is 22.8 Å². The van der Waals surface area contributed by atoms with Gasteiger partial charge >= 0.3 is 0 Å². The fourth-order valence-corrected chi connectivity index (χ4v) is 5.57. The third kappa shape index (κ3) is 4.10. The van der Waals surface area contributed by atoms with Crippen molar-refractivity contribution in [2.45, 2.75) is 64.2 Å². The van der Waals surface area contributed by atoms with Crippen molar-refractivity contribution in [2.24, 2.45) is 22.2 Å². The molecule has 0 radical (unpaired) electrons. The summed E-state index contributed by atoms with van der Waals surface area (Å²) in [5.74, 6) is 0.413. The summed E-state index contributed by atoms with van der Waals surface area (Å²) in [6, 6.07) is 8.59. The van der Waals surface area contributed by atoms with E-state index in [1.165, 1.54) is 23.9 Å². The van der Waals surface area contributed by atoms with Crippen LogP contribution >= 0.6 is 11.8 Å². The van der Waals surface area contributed by atoms with Crippen LogP contribution in [0.2, 0.25) is 0 Å². The molecule has 1 aromatic carbocycles. The largest absolute Gasteiger partial charge is 0.304 e. The topological polar surface area (TPSA) is 65.2 Å². The number of amides is 1. The van der Waals surface area contributed by atoms with E-state index >= 15 is 0 Å². The molecule has 150 valence electrons. The van der Waals surface area contributed by atoms with Gasteiger partial charge in [0.1, 0.15) is 10.6 Å². The van der Waals surface area contributed by atoms with Crippen molar-refractivity contribution in [3.05, 3.63) is 35.6 Å². The van der Waals surface area contributed by atoms with E-state index in [2.05, 4.69) is 16.4 Å². The molecule has 3 rings (SSSR count). The van der Waals surface area contributed by atoms with E-state index in [1.54, 1.807) is 12.1 Å². The minimum absolute atomic E-state index is 0.0190. The molecule has 1 saturated heterocycles. The van der Waals surface area contributed by atoms with Crippen molar-refractivity contribution < 1.29 is 9.18 Å². The average Bonchev–Trinajstić information content (AvgIpc) is 2.96. The lowest BCUT2D eigenvalue weighted by Gasteiger charge is -2.39. The molecule has 1 N–H and O–H groups in total. The lowest BCUT2D eigenvalue weighted by Crippen LogP contribution is -2.43. The Morgan fingerprint density at radius 1 is 1.29 bits per heavy atom. The van der Waals surface area contributed by atoms with Crippen LogP contribution in [0.15, 0.2) is 29.3 Å². The number of hydrogen-bond acceptors (Lipinski definition) is 4. The number of carbonyl (C=O) groups is 1. The maximum Gasteiger partial charge on any atom is 0.242 e. The predicted octanol–water partition coefficient (Wildman–Crippen LogP) is 5.22.